The summed E-state index contributed by atoms with van der Waals surface area (Å²) in [5.41, 5.74) is 0.106. The van der Waals surface area contributed by atoms with E-state index in [0.29, 0.717) is 4.88 Å². The Labute approximate surface area is 84.8 Å². The highest BCUT2D eigenvalue weighted by Gasteiger charge is 2.16. The van der Waals surface area contributed by atoms with Gasteiger partial charge in [-0.1, -0.05) is 24.3 Å². The molecule has 0 aliphatic carbocycles. The Morgan fingerprint density at radius 3 is 2.50 bits per heavy atom. The lowest BCUT2D eigenvalue weighted by molar-refractivity contribution is 0.393. The third kappa shape index (κ3) is 1.68. The molecule has 2 rings (SSSR count). The zero-order valence-electron chi connectivity index (χ0n) is 7.28. The minimum absolute atomic E-state index is 0.106. The monoisotopic (exact) mass is 210 g/mol. The molecule has 1 aromatic carbocycles. The van der Waals surface area contributed by atoms with Crippen LogP contribution in [0.2, 0.25) is 0 Å². The number of thiophene rings is 1. The van der Waals surface area contributed by atoms with Gasteiger partial charge in [-0.25, -0.2) is 8.78 Å². The Balaban J connectivity index is 2.37. The van der Waals surface area contributed by atoms with Crippen molar-refractivity contribution in [1.29, 1.82) is 0 Å². The average Bonchev–Trinajstić information content (AvgIpc) is 2.70. The number of benzene rings is 1. The number of halogens is 2. The molecule has 0 bridgehead atoms. The van der Waals surface area contributed by atoms with Crippen molar-refractivity contribution in [2.24, 2.45) is 0 Å². The third-order valence-electron chi connectivity index (χ3n) is 1.97. The molecule has 1 unspecified atom stereocenters. The Hall–Kier alpha value is -1.22. The standard InChI is InChI=1S/C11H8F2S/c12-9-5-2-1-4-8(9)11(13)10-6-3-7-14-10/h1-7,11H. The summed E-state index contributed by atoms with van der Waals surface area (Å²) in [6, 6.07) is 9.36. The van der Waals surface area contributed by atoms with E-state index in [2.05, 4.69) is 0 Å². The van der Waals surface area contributed by atoms with Gasteiger partial charge in [0.2, 0.25) is 0 Å². The highest BCUT2D eigenvalue weighted by molar-refractivity contribution is 7.10. The second kappa shape index (κ2) is 3.88. The topological polar surface area (TPSA) is 0 Å². The Bertz CT molecular complexity index is 409. The molecular weight excluding hydrogens is 202 g/mol. The van der Waals surface area contributed by atoms with E-state index >= 15 is 0 Å². The minimum atomic E-state index is -1.35. The minimum Gasteiger partial charge on any atom is -0.236 e. The van der Waals surface area contributed by atoms with E-state index in [1.165, 1.54) is 23.5 Å². The highest BCUT2D eigenvalue weighted by Crippen LogP contribution is 2.30. The second-order valence-electron chi connectivity index (χ2n) is 2.90. The first-order chi connectivity index (χ1) is 6.79. The van der Waals surface area contributed by atoms with Gasteiger partial charge in [0.25, 0.3) is 0 Å². The van der Waals surface area contributed by atoms with Gasteiger partial charge in [0.15, 0.2) is 6.17 Å². The van der Waals surface area contributed by atoms with Crippen LogP contribution in [0.15, 0.2) is 41.8 Å². The summed E-state index contributed by atoms with van der Waals surface area (Å²) in [6.45, 7) is 0. The van der Waals surface area contributed by atoms with Crippen LogP contribution in [-0.4, -0.2) is 0 Å². The van der Waals surface area contributed by atoms with Gasteiger partial charge in [0, 0.05) is 10.4 Å². The molecule has 0 saturated carbocycles. The Morgan fingerprint density at radius 2 is 1.86 bits per heavy atom. The molecule has 14 heavy (non-hydrogen) atoms. The number of alkyl halides is 1. The van der Waals surface area contributed by atoms with Crippen molar-refractivity contribution in [3.05, 3.63) is 58.0 Å². The van der Waals surface area contributed by atoms with Gasteiger partial charge in [-0.05, 0) is 17.5 Å². The van der Waals surface area contributed by atoms with E-state index in [4.69, 9.17) is 0 Å². The molecule has 1 aromatic heterocycles. The van der Waals surface area contributed by atoms with E-state index < -0.39 is 12.0 Å². The van der Waals surface area contributed by atoms with Crippen LogP contribution in [0.5, 0.6) is 0 Å². The molecule has 0 amide bonds. The summed E-state index contributed by atoms with van der Waals surface area (Å²) in [4.78, 5) is 0.537. The van der Waals surface area contributed by atoms with E-state index in [1.54, 1.807) is 29.6 Å². The lowest BCUT2D eigenvalue weighted by Gasteiger charge is -2.06. The van der Waals surface area contributed by atoms with Crippen LogP contribution < -0.4 is 0 Å². The summed E-state index contributed by atoms with van der Waals surface area (Å²) >= 11 is 1.29. The Kier molecular flexibility index (Phi) is 2.59. The van der Waals surface area contributed by atoms with Crippen LogP contribution in [0, 0.1) is 5.82 Å². The molecule has 0 nitrogen and oxygen atoms in total. The smallest absolute Gasteiger partial charge is 0.162 e. The van der Waals surface area contributed by atoms with Gasteiger partial charge >= 0.3 is 0 Å². The molecule has 0 aliphatic heterocycles. The third-order valence-corrected chi connectivity index (χ3v) is 2.88. The predicted molar refractivity (Wildman–Crippen MR) is 53.7 cm³/mol. The van der Waals surface area contributed by atoms with Crippen molar-refractivity contribution in [1.82, 2.24) is 0 Å². The van der Waals surface area contributed by atoms with E-state index in [0.717, 1.165) is 0 Å². The maximum absolute atomic E-state index is 13.7. The molecule has 2 aromatic rings. The molecular formula is C11H8F2S. The second-order valence-corrected chi connectivity index (χ2v) is 3.88. The fraction of sp³-hybridized carbons (Fsp3) is 0.0909. The molecule has 0 spiro atoms. The normalized spacial score (nSPS) is 12.7. The quantitative estimate of drug-likeness (QED) is 0.704. The molecule has 72 valence electrons. The highest BCUT2D eigenvalue weighted by atomic mass is 32.1. The van der Waals surface area contributed by atoms with Crippen LogP contribution in [-0.2, 0) is 0 Å². The maximum atomic E-state index is 13.7. The molecule has 0 fully saturated rings. The van der Waals surface area contributed by atoms with E-state index in [9.17, 15) is 8.78 Å². The van der Waals surface area contributed by atoms with Gasteiger partial charge in [0.1, 0.15) is 5.82 Å². The molecule has 0 aliphatic rings. The summed E-state index contributed by atoms with van der Waals surface area (Å²) in [5.74, 6) is -0.492. The molecule has 1 heterocycles. The van der Waals surface area contributed by atoms with Crippen molar-refractivity contribution < 1.29 is 8.78 Å². The average molecular weight is 210 g/mol. The first-order valence-electron chi connectivity index (χ1n) is 4.21. The lowest BCUT2D eigenvalue weighted by Crippen LogP contribution is -1.94. The van der Waals surface area contributed by atoms with E-state index in [-0.39, 0.29) is 5.56 Å². The van der Waals surface area contributed by atoms with Crippen molar-refractivity contribution in [2.45, 2.75) is 6.17 Å². The van der Waals surface area contributed by atoms with Crippen LogP contribution in [0.4, 0.5) is 8.78 Å². The SMILES string of the molecule is Fc1ccccc1C(F)c1cccs1. The molecule has 0 radical (unpaired) electrons. The van der Waals surface area contributed by atoms with Gasteiger partial charge in [-0.15, -0.1) is 11.3 Å². The van der Waals surface area contributed by atoms with Crippen molar-refractivity contribution in [3.8, 4) is 0 Å². The first-order valence-corrected chi connectivity index (χ1v) is 5.09. The molecule has 0 N–H and O–H groups in total. The summed E-state index contributed by atoms with van der Waals surface area (Å²) in [6.07, 6.45) is -1.35. The number of hydrogen-bond donors (Lipinski definition) is 0. The summed E-state index contributed by atoms with van der Waals surface area (Å²) in [7, 11) is 0. The van der Waals surface area contributed by atoms with Crippen molar-refractivity contribution in [3.63, 3.8) is 0 Å². The number of hydrogen-bond acceptors (Lipinski definition) is 1. The molecule has 3 heteroatoms. The Morgan fingerprint density at radius 1 is 1.07 bits per heavy atom. The van der Waals surface area contributed by atoms with Gasteiger partial charge < -0.3 is 0 Å². The maximum Gasteiger partial charge on any atom is 0.162 e. The first kappa shape index (κ1) is 9.34. The van der Waals surface area contributed by atoms with Gasteiger partial charge in [-0.2, -0.15) is 0 Å². The van der Waals surface area contributed by atoms with Crippen LogP contribution in [0.1, 0.15) is 16.6 Å². The number of rotatable bonds is 2. The zero-order chi connectivity index (χ0) is 9.97. The van der Waals surface area contributed by atoms with Crippen molar-refractivity contribution in [2.75, 3.05) is 0 Å². The lowest BCUT2D eigenvalue weighted by atomic mass is 10.1. The van der Waals surface area contributed by atoms with Gasteiger partial charge in [0.05, 0.1) is 0 Å². The predicted octanol–water partition coefficient (Wildman–Crippen LogP) is 3.95. The zero-order valence-corrected chi connectivity index (χ0v) is 8.10. The summed E-state index contributed by atoms with van der Waals surface area (Å²) in [5, 5.41) is 1.78. The van der Waals surface area contributed by atoms with Gasteiger partial charge in [-0.3, -0.25) is 0 Å². The van der Waals surface area contributed by atoms with Crippen LogP contribution in [0.3, 0.4) is 0 Å². The fourth-order valence-electron chi connectivity index (χ4n) is 1.27. The van der Waals surface area contributed by atoms with Crippen LogP contribution in [0.25, 0.3) is 0 Å². The largest absolute Gasteiger partial charge is 0.236 e. The fourth-order valence-corrected chi connectivity index (χ4v) is 1.99. The molecule has 0 saturated heterocycles. The van der Waals surface area contributed by atoms with Crippen molar-refractivity contribution >= 4 is 11.3 Å². The van der Waals surface area contributed by atoms with Crippen LogP contribution >= 0.6 is 11.3 Å². The molecule has 1 atom stereocenters. The summed E-state index contributed by atoms with van der Waals surface area (Å²) < 4.78 is 26.9. The van der Waals surface area contributed by atoms with E-state index in [1.807, 2.05) is 0 Å².